The molecule has 1 aliphatic rings. The van der Waals surface area contributed by atoms with E-state index in [0.29, 0.717) is 23.0 Å². The Morgan fingerprint density at radius 2 is 1.85 bits per heavy atom. The van der Waals surface area contributed by atoms with Crippen molar-refractivity contribution in [1.29, 1.82) is 5.26 Å². The van der Waals surface area contributed by atoms with Gasteiger partial charge in [-0.05, 0) is 42.3 Å². The minimum atomic E-state index is -0.585. The third-order valence-corrected chi connectivity index (χ3v) is 5.80. The molecule has 0 saturated carbocycles. The Kier molecular flexibility index (Phi) is 7.05. The second-order valence-corrected chi connectivity index (χ2v) is 8.17. The van der Waals surface area contributed by atoms with Crippen molar-refractivity contribution >= 4 is 17.6 Å². The van der Waals surface area contributed by atoms with Crippen LogP contribution in [0.4, 0.5) is 0 Å². The molecule has 0 amide bonds. The highest BCUT2D eigenvalue weighted by Gasteiger charge is 2.31. The molecule has 3 aromatic rings. The maximum Gasteiger partial charge on any atom is 0.345 e. The Balaban J connectivity index is 1.62. The van der Waals surface area contributed by atoms with Gasteiger partial charge in [0, 0.05) is 11.6 Å². The van der Waals surface area contributed by atoms with Gasteiger partial charge in [0.25, 0.3) is 0 Å². The summed E-state index contributed by atoms with van der Waals surface area (Å²) in [6.45, 7) is 2.76. The molecule has 0 radical (unpaired) electrons. The molecule has 0 fully saturated rings. The van der Waals surface area contributed by atoms with Gasteiger partial charge in [-0.1, -0.05) is 55.3 Å². The smallest absolute Gasteiger partial charge is 0.345 e. The highest BCUT2D eigenvalue weighted by Crippen LogP contribution is 2.43. The van der Waals surface area contributed by atoms with Crippen LogP contribution in [0.25, 0.3) is 0 Å². The lowest BCUT2D eigenvalue weighted by Crippen LogP contribution is -2.21. The Labute approximate surface area is 203 Å². The van der Waals surface area contributed by atoms with Crippen LogP contribution < -0.4 is 19.9 Å². The van der Waals surface area contributed by atoms with E-state index in [-0.39, 0.29) is 17.2 Å². The van der Waals surface area contributed by atoms with Crippen molar-refractivity contribution in [2.24, 2.45) is 5.73 Å². The topological polar surface area (TPSA) is 94.6 Å². The fraction of sp³-hybridized carbons (Fsp3) is 0.185. The molecule has 1 aliphatic heterocycles. The van der Waals surface area contributed by atoms with Gasteiger partial charge < -0.3 is 19.9 Å². The van der Waals surface area contributed by atoms with Crippen molar-refractivity contribution in [3.8, 4) is 23.3 Å². The monoisotopic (exact) mass is 474 g/mol. The predicted octanol–water partition coefficient (Wildman–Crippen LogP) is 5.96. The number of unbranched alkanes of at least 4 members (excludes halogenated alkanes) is 1. The fourth-order valence-corrected chi connectivity index (χ4v) is 3.93. The second kappa shape index (κ2) is 10.3. The van der Waals surface area contributed by atoms with Gasteiger partial charge >= 0.3 is 5.97 Å². The van der Waals surface area contributed by atoms with Gasteiger partial charge in [0.05, 0.1) is 23.1 Å². The van der Waals surface area contributed by atoms with Gasteiger partial charge in [-0.2, -0.15) is 5.26 Å². The van der Waals surface area contributed by atoms with Gasteiger partial charge in [-0.3, -0.25) is 0 Å². The molecular formula is C27H23ClN2O4. The Hall–Kier alpha value is -3.95. The zero-order chi connectivity index (χ0) is 24.1. The third-order valence-electron chi connectivity index (χ3n) is 5.47. The number of esters is 1. The summed E-state index contributed by atoms with van der Waals surface area (Å²) in [5, 5.41) is 10.1. The lowest BCUT2D eigenvalue weighted by Gasteiger charge is -2.26. The molecule has 34 heavy (non-hydrogen) atoms. The maximum absolute atomic E-state index is 12.5. The van der Waals surface area contributed by atoms with E-state index in [4.69, 9.17) is 31.5 Å². The summed E-state index contributed by atoms with van der Waals surface area (Å²) in [4.78, 5) is 12.5. The molecule has 2 N–H and O–H groups in total. The molecule has 0 saturated heterocycles. The average Bonchev–Trinajstić information content (AvgIpc) is 2.84. The first kappa shape index (κ1) is 23.2. The van der Waals surface area contributed by atoms with Gasteiger partial charge in [-0.25, -0.2) is 4.79 Å². The molecule has 0 bridgehead atoms. The highest BCUT2D eigenvalue weighted by atomic mass is 35.5. The largest absolute Gasteiger partial charge is 0.494 e. The number of fused-ring (bicyclic) bond motifs is 1. The van der Waals surface area contributed by atoms with Crippen LogP contribution in [0.5, 0.6) is 17.2 Å². The van der Waals surface area contributed by atoms with Gasteiger partial charge in [-0.15, -0.1) is 0 Å². The van der Waals surface area contributed by atoms with E-state index in [9.17, 15) is 10.1 Å². The first-order valence-corrected chi connectivity index (χ1v) is 11.3. The van der Waals surface area contributed by atoms with Crippen LogP contribution in [0.1, 0.15) is 47.2 Å². The fourth-order valence-electron chi connectivity index (χ4n) is 3.72. The lowest BCUT2D eigenvalue weighted by molar-refractivity contribution is 0.0734. The summed E-state index contributed by atoms with van der Waals surface area (Å²) < 4.78 is 17.0. The Morgan fingerprint density at radius 3 is 2.56 bits per heavy atom. The standard InChI is InChI=1S/C27H23ClN2O4/c1-2-3-14-32-18-10-8-17(9-11-18)25-21-13-12-19(15-24(21)34-26(30)22(25)16-29)33-27(31)20-6-4-5-7-23(20)28/h4-13,15,25H,2-3,14,30H2,1H3. The van der Waals surface area contributed by atoms with E-state index in [2.05, 4.69) is 13.0 Å². The van der Waals surface area contributed by atoms with Crippen molar-refractivity contribution in [2.45, 2.75) is 25.7 Å². The first-order chi connectivity index (χ1) is 16.5. The van der Waals surface area contributed by atoms with Crippen molar-refractivity contribution in [3.63, 3.8) is 0 Å². The summed E-state index contributed by atoms with van der Waals surface area (Å²) >= 11 is 6.10. The van der Waals surface area contributed by atoms with E-state index in [1.54, 1.807) is 42.5 Å². The van der Waals surface area contributed by atoms with Crippen LogP contribution in [0.15, 0.2) is 78.2 Å². The van der Waals surface area contributed by atoms with Crippen molar-refractivity contribution < 1.29 is 19.0 Å². The summed E-state index contributed by atoms with van der Waals surface area (Å²) in [6, 6.07) is 21.4. The normalized spacial score (nSPS) is 14.6. The van der Waals surface area contributed by atoms with Crippen LogP contribution in [0.3, 0.4) is 0 Å². The quantitative estimate of drug-likeness (QED) is 0.258. The summed E-state index contributed by atoms with van der Waals surface area (Å²) in [6.07, 6.45) is 2.04. The van der Waals surface area contributed by atoms with Crippen molar-refractivity contribution in [2.75, 3.05) is 6.61 Å². The molecule has 172 valence electrons. The minimum Gasteiger partial charge on any atom is -0.494 e. The number of hydrogen-bond acceptors (Lipinski definition) is 6. The molecule has 0 spiro atoms. The lowest BCUT2D eigenvalue weighted by atomic mass is 9.83. The molecule has 1 unspecified atom stereocenters. The van der Waals surface area contributed by atoms with Gasteiger partial charge in [0.2, 0.25) is 5.88 Å². The average molecular weight is 475 g/mol. The number of carbonyl (C=O) groups is 1. The summed E-state index contributed by atoms with van der Waals surface area (Å²) in [7, 11) is 0. The van der Waals surface area contributed by atoms with Gasteiger partial charge in [0.1, 0.15) is 28.9 Å². The van der Waals surface area contributed by atoms with Crippen molar-refractivity contribution in [1.82, 2.24) is 0 Å². The Bertz CT molecular complexity index is 1280. The first-order valence-electron chi connectivity index (χ1n) is 10.9. The molecule has 3 aromatic carbocycles. The van der Waals surface area contributed by atoms with Crippen LogP contribution in [0.2, 0.25) is 5.02 Å². The zero-order valence-electron chi connectivity index (χ0n) is 18.6. The zero-order valence-corrected chi connectivity index (χ0v) is 19.3. The van der Waals surface area contributed by atoms with Crippen LogP contribution in [-0.2, 0) is 0 Å². The molecule has 1 heterocycles. The maximum atomic E-state index is 12.5. The van der Waals surface area contributed by atoms with E-state index < -0.39 is 11.9 Å². The minimum absolute atomic E-state index is 0.0119. The molecule has 0 aromatic heterocycles. The summed E-state index contributed by atoms with van der Waals surface area (Å²) in [5.74, 6) is 0.453. The number of nitriles is 1. The van der Waals surface area contributed by atoms with Gasteiger partial charge in [0.15, 0.2) is 0 Å². The third kappa shape index (κ3) is 4.85. The molecular weight excluding hydrogens is 452 g/mol. The number of halogens is 1. The molecule has 6 nitrogen and oxygen atoms in total. The number of rotatable bonds is 7. The van der Waals surface area contributed by atoms with Crippen LogP contribution in [0, 0.1) is 11.3 Å². The van der Waals surface area contributed by atoms with Crippen LogP contribution in [-0.4, -0.2) is 12.6 Å². The number of carbonyl (C=O) groups excluding carboxylic acids is 1. The number of benzene rings is 3. The van der Waals surface area contributed by atoms with Crippen LogP contribution >= 0.6 is 11.6 Å². The Morgan fingerprint density at radius 1 is 1.12 bits per heavy atom. The SMILES string of the molecule is CCCCOc1ccc(C2C(C#N)=C(N)Oc3cc(OC(=O)c4ccccc4Cl)ccc32)cc1. The number of nitrogens with zero attached hydrogens (tertiary/aromatic N) is 1. The van der Waals surface area contributed by atoms with E-state index >= 15 is 0 Å². The van der Waals surface area contributed by atoms with E-state index in [1.807, 2.05) is 24.3 Å². The van der Waals surface area contributed by atoms with E-state index in [1.165, 1.54) is 0 Å². The number of nitrogens with two attached hydrogens (primary N) is 1. The molecule has 7 heteroatoms. The molecule has 4 rings (SSSR count). The molecule has 1 atom stereocenters. The second-order valence-electron chi connectivity index (χ2n) is 7.76. The number of hydrogen-bond donors (Lipinski definition) is 1. The highest BCUT2D eigenvalue weighted by molar-refractivity contribution is 6.33. The molecule has 0 aliphatic carbocycles. The number of ether oxygens (including phenoxy) is 3. The number of allylic oxidation sites excluding steroid dienone is 1. The summed E-state index contributed by atoms with van der Waals surface area (Å²) in [5.41, 5.74) is 8.27. The van der Waals surface area contributed by atoms with Crippen molar-refractivity contribution in [3.05, 3.63) is 99.9 Å². The predicted molar refractivity (Wildman–Crippen MR) is 129 cm³/mol. The van der Waals surface area contributed by atoms with E-state index in [0.717, 1.165) is 29.7 Å².